The summed E-state index contributed by atoms with van der Waals surface area (Å²) in [5, 5.41) is 1.88. The van der Waals surface area contributed by atoms with Crippen molar-refractivity contribution in [2.45, 2.75) is 26.8 Å². The smallest absolute Gasteiger partial charge is 0.325 e. The largest absolute Gasteiger partial charge is 0.465 e. The lowest BCUT2D eigenvalue weighted by molar-refractivity contribution is -0.143. The molecule has 2 heterocycles. The molecule has 0 radical (unpaired) electrons. The highest BCUT2D eigenvalue weighted by atomic mass is 19.1. The Morgan fingerprint density at radius 1 is 1.14 bits per heavy atom. The zero-order valence-electron chi connectivity index (χ0n) is 15.9. The number of hydrogen-bond acceptors (Lipinski definition) is 3. The van der Waals surface area contributed by atoms with Crippen LogP contribution >= 0.6 is 0 Å². The van der Waals surface area contributed by atoms with Crippen LogP contribution in [-0.4, -0.2) is 22.1 Å². The second-order valence-corrected chi connectivity index (χ2v) is 6.79. The zero-order chi connectivity index (χ0) is 19.7. The summed E-state index contributed by atoms with van der Waals surface area (Å²) in [5.74, 6) is -0.601. The molecule has 4 rings (SSSR count). The van der Waals surface area contributed by atoms with E-state index in [0.717, 1.165) is 38.8 Å². The first kappa shape index (κ1) is 18.2. The van der Waals surface area contributed by atoms with Crippen molar-refractivity contribution in [1.29, 1.82) is 0 Å². The maximum atomic E-state index is 14.0. The third kappa shape index (κ3) is 3.36. The molecule has 0 saturated carbocycles. The third-order valence-corrected chi connectivity index (χ3v) is 5.02. The van der Waals surface area contributed by atoms with Crippen molar-refractivity contribution < 1.29 is 13.9 Å². The standard InChI is InChI=1S/C23H21FN2O2/c1-3-28-23(27)14-26-15(2)19(20-12-17(24)9-11-22(20)26)13-18-10-8-16-6-4-5-7-21(16)25-18/h4-12H,3,13-14H2,1-2H3. The number of carbonyl (C=O) groups excluding carboxylic acids is 1. The van der Waals surface area contributed by atoms with Gasteiger partial charge in [0, 0.05) is 34.1 Å². The van der Waals surface area contributed by atoms with Crippen molar-refractivity contribution in [3.8, 4) is 0 Å². The molecule has 0 amide bonds. The first-order valence-electron chi connectivity index (χ1n) is 9.34. The van der Waals surface area contributed by atoms with Crippen LogP contribution in [-0.2, 0) is 22.5 Å². The second kappa shape index (κ2) is 7.43. The van der Waals surface area contributed by atoms with E-state index in [-0.39, 0.29) is 18.3 Å². The molecule has 0 saturated heterocycles. The lowest BCUT2D eigenvalue weighted by Crippen LogP contribution is -2.14. The summed E-state index contributed by atoms with van der Waals surface area (Å²) in [4.78, 5) is 16.8. The van der Waals surface area contributed by atoms with Gasteiger partial charge in [0.1, 0.15) is 12.4 Å². The number of hydrogen-bond donors (Lipinski definition) is 0. The monoisotopic (exact) mass is 376 g/mol. The Hall–Kier alpha value is -3.21. The van der Waals surface area contributed by atoms with Gasteiger partial charge >= 0.3 is 5.97 Å². The van der Waals surface area contributed by atoms with Crippen LogP contribution in [0.15, 0.2) is 54.6 Å². The number of rotatable bonds is 5. The summed E-state index contributed by atoms with van der Waals surface area (Å²) >= 11 is 0. The van der Waals surface area contributed by atoms with Crippen LogP contribution in [0.4, 0.5) is 4.39 Å². The van der Waals surface area contributed by atoms with E-state index < -0.39 is 0 Å². The molecule has 2 aromatic heterocycles. The number of benzene rings is 2. The minimum absolute atomic E-state index is 0.104. The Kier molecular flexibility index (Phi) is 4.82. The van der Waals surface area contributed by atoms with Crippen LogP contribution in [0.2, 0.25) is 0 Å². The van der Waals surface area contributed by atoms with Crippen molar-refractivity contribution in [1.82, 2.24) is 9.55 Å². The fourth-order valence-electron chi connectivity index (χ4n) is 3.67. The fraction of sp³-hybridized carbons (Fsp3) is 0.217. The van der Waals surface area contributed by atoms with Gasteiger partial charge in [-0.05, 0) is 49.7 Å². The molecule has 0 bridgehead atoms. The number of aromatic nitrogens is 2. The van der Waals surface area contributed by atoms with Crippen LogP contribution in [0.3, 0.4) is 0 Å². The SMILES string of the molecule is CCOC(=O)Cn1c(C)c(Cc2ccc3ccccc3n2)c2cc(F)ccc21. The fourth-order valence-corrected chi connectivity index (χ4v) is 3.67. The molecule has 28 heavy (non-hydrogen) atoms. The molecule has 2 aromatic carbocycles. The van der Waals surface area contributed by atoms with Crippen molar-refractivity contribution in [3.05, 3.63) is 77.4 Å². The Labute approximate surface area is 162 Å². The van der Waals surface area contributed by atoms with Crippen LogP contribution in [0, 0.1) is 12.7 Å². The Morgan fingerprint density at radius 2 is 1.96 bits per heavy atom. The topological polar surface area (TPSA) is 44.1 Å². The molecular weight excluding hydrogens is 355 g/mol. The van der Waals surface area contributed by atoms with Gasteiger partial charge in [-0.2, -0.15) is 0 Å². The quantitative estimate of drug-likeness (QED) is 0.470. The van der Waals surface area contributed by atoms with Crippen molar-refractivity contribution in [2.24, 2.45) is 0 Å². The predicted octanol–water partition coefficient (Wildman–Crippen LogP) is 4.79. The number of ether oxygens (including phenoxy) is 1. The van der Waals surface area contributed by atoms with Gasteiger partial charge in [-0.15, -0.1) is 0 Å². The van der Waals surface area contributed by atoms with Crippen molar-refractivity contribution in [3.63, 3.8) is 0 Å². The first-order valence-corrected chi connectivity index (χ1v) is 9.34. The van der Waals surface area contributed by atoms with Gasteiger partial charge in [-0.1, -0.05) is 24.3 Å². The Balaban J connectivity index is 1.79. The summed E-state index contributed by atoms with van der Waals surface area (Å²) in [6.07, 6.45) is 0.562. The van der Waals surface area contributed by atoms with Gasteiger partial charge in [0.05, 0.1) is 12.1 Å². The molecule has 0 fully saturated rings. The Bertz CT molecular complexity index is 1180. The van der Waals surface area contributed by atoms with Crippen LogP contribution < -0.4 is 0 Å². The van der Waals surface area contributed by atoms with E-state index in [1.807, 2.05) is 47.9 Å². The third-order valence-electron chi connectivity index (χ3n) is 5.02. The van der Waals surface area contributed by atoms with E-state index in [2.05, 4.69) is 0 Å². The summed E-state index contributed by atoms with van der Waals surface area (Å²) in [6.45, 7) is 4.17. The number of nitrogens with zero attached hydrogens (tertiary/aromatic N) is 2. The summed E-state index contributed by atoms with van der Waals surface area (Å²) in [5.41, 5.74) is 4.55. The number of fused-ring (bicyclic) bond motifs is 2. The Morgan fingerprint density at radius 3 is 2.79 bits per heavy atom. The van der Waals surface area contributed by atoms with Gasteiger partial charge < -0.3 is 9.30 Å². The maximum Gasteiger partial charge on any atom is 0.325 e. The minimum atomic E-state index is -0.304. The molecule has 0 spiro atoms. The number of carbonyl (C=O) groups is 1. The molecule has 142 valence electrons. The predicted molar refractivity (Wildman–Crippen MR) is 108 cm³/mol. The highest BCUT2D eigenvalue weighted by Crippen LogP contribution is 2.29. The average molecular weight is 376 g/mol. The highest BCUT2D eigenvalue weighted by Gasteiger charge is 2.18. The van der Waals surface area contributed by atoms with E-state index in [0.29, 0.717) is 13.0 Å². The molecule has 0 aliphatic heterocycles. The molecular formula is C23H21FN2O2. The maximum absolute atomic E-state index is 14.0. The molecule has 4 aromatic rings. The molecule has 5 heteroatoms. The minimum Gasteiger partial charge on any atom is -0.465 e. The summed E-state index contributed by atoms with van der Waals surface area (Å²) in [6, 6.07) is 16.7. The molecule has 4 nitrogen and oxygen atoms in total. The highest BCUT2D eigenvalue weighted by molar-refractivity contribution is 5.87. The van der Waals surface area contributed by atoms with E-state index in [1.165, 1.54) is 12.1 Å². The van der Waals surface area contributed by atoms with Gasteiger partial charge in [0.2, 0.25) is 0 Å². The van der Waals surface area contributed by atoms with Crippen LogP contribution in [0.1, 0.15) is 23.9 Å². The van der Waals surface area contributed by atoms with E-state index in [9.17, 15) is 9.18 Å². The number of para-hydroxylation sites is 1. The number of esters is 1. The number of pyridine rings is 1. The van der Waals surface area contributed by atoms with Gasteiger partial charge in [0.15, 0.2) is 0 Å². The summed E-state index contributed by atoms with van der Waals surface area (Å²) < 4.78 is 21.0. The van der Waals surface area contributed by atoms with Crippen LogP contribution in [0.25, 0.3) is 21.8 Å². The average Bonchev–Trinajstić information content (AvgIpc) is 2.93. The number of halogens is 1. The van der Waals surface area contributed by atoms with Crippen molar-refractivity contribution >= 4 is 27.8 Å². The van der Waals surface area contributed by atoms with E-state index in [4.69, 9.17) is 9.72 Å². The summed E-state index contributed by atoms with van der Waals surface area (Å²) in [7, 11) is 0. The van der Waals surface area contributed by atoms with Gasteiger partial charge in [-0.25, -0.2) is 4.39 Å². The van der Waals surface area contributed by atoms with E-state index >= 15 is 0 Å². The van der Waals surface area contributed by atoms with Crippen LogP contribution in [0.5, 0.6) is 0 Å². The molecule has 0 N–H and O–H groups in total. The molecule has 0 aliphatic carbocycles. The van der Waals surface area contributed by atoms with Gasteiger partial charge in [-0.3, -0.25) is 9.78 Å². The lowest BCUT2D eigenvalue weighted by Gasteiger charge is -2.08. The molecule has 0 atom stereocenters. The molecule has 0 unspecified atom stereocenters. The normalized spacial score (nSPS) is 11.2. The van der Waals surface area contributed by atoms with E-state index in [1.54, 1.807) is 13.0 Å². The van der Waals surface area contributed by atoms with Crippen molar-refractivity contribution in [2.75, 3.05) is 6.61 Å². The van der Waals surface area contributed by atoms with Gasteiger partial charge in [0.25, 0.3) is 0 Å². The zero-order valence-corrected chi connectivity index (χ0v) is 15.9. The second-order valence-electron chi connectivity index (χ2n) is 6.79. The lowest BCUT2D eigenvalue weighted by atomic mass is 10.0. The first-order chi connectivity index (χ1) is 13.6. The molecule has 0 aliphatic rings.